The highest BCUT2D eigenvalue weighted by Gasteiger charge is 2.26. The first-order valence-electron chi connectivity index (χ1n) is 5.77. The molecule has 0 unspecified atom stereocenters. The van der Waals surface area contributed by atoms with E-state index in [4.69, 9.17) is 16.0 Å². The van der Waals surface area contributed by atoms with Gasteiger partial charge >= 0.3 is 0 Å². The average molecular weight is 253 g/mol. The molecule has 0 saturated heterocycles. The van der Waals surface area contributed by atoms with E-state index in [1.54, 1.807) is 6.07 Å². The van der Waals surface area contributed by atoms with Crippen LogP contribution in [0.2, 0.25) is 0 Å². The summed E-state index contributed by atoms with van der Waals surface area (Å²) in [7, 11) is 0. The molecule has 0 amide bonds. The fraction of sp³-hybridized carbons (Fsp3) is 0.417. The van der Waals surface area contributed by atoms with E-state index in [1.807, 2.05) is 0 Å². The lowest BCUT2D eigenvalue weighted by molar-refractivity contribution is 0.0619. The summed E-state index contributed by atoms with van der Waals surface area (Å²) in [5.41, 5.74) is 6.49. The molecule has 5 nitrogen and oxygen atoms in total. The van der Waals surface area contributed by atoms with Gasteiger partial charge in [0.1, 0.15) is 5.82 Å². The second-order valence-corrected chi connectivity index (χ2v) is 4.54. The third kappa shape index (κ3) is 2.96. The molecule has 98 valence electrons. The number of oxime groups is 1. The highest BCUT2D eigenvalue weighted by Crippen LogP contribution is 2.20. The third-order valence-electron chi connectivity index (χ3n) is 3.07. The maximum Gasteiger partial charge on any atom is 0.170 e. The molecular formula is C12H16FN3O2. The van der Waals surface area contributed by atoms with Crippen LogP contribution in [-0.2, 0) is 6.54 Å². The first-order valence-corrected chi connectivity index (χ1v) is 5.77. The summed E-state index contributed by atoms with van der Waals surface area (Å²) in [6, 6.07) is 4.55. The van der Waals surface area contributed by atoms with Crippen molar-refractivity contribution in [1.29, 1.82) is 0 Å². The summed E-state index contributed by atoms with van der Waals surface area (Å²) in [6.07, 6.45) is 1.23. The number of nitrogens with zero attached hydrogens (tertiary/aromatic N) is 1. The molecule has 0 bridgehead atoms. The van der Waals surface area contributed by atoms with Crippen LogP contribution in [-0.4, -0.2) is 28.3 Å². The molecule has 1 aliphatic carbocycles. The SMILES string of the molecule is N/C(=N/O)c1cc(F)cc(CNC2CC(O)C2)c1. The minimum Gasteiger partial charge on any atom is -0.409 e. The molecule has 1 aromatic rings. The molecule has 1 saturated carbocycles. The Bertz CT molecular complexity index is 459. The average Bonchev–Trinajstić information content (AvgIpc) is 2.31. The van der Waals surface area contributed by atoms with Crippen molar-refractivity contribution in [3.63, 3.8) is 0 Å². The second kappa shape index (κ2) is 5.32. The topological polar surface area (TPSA) is 90.9 Å². The molecule has 1 aromatic carbocycles. The molecule has 2 rings (SSSR count). The summed E-state index contributed by atoms with van der Waals surface area (Å²) in [6.45, 7) is 0.487. The van der Waals surface area contributed by atoms with E-state index in [2.05, 4.69) is 10.5 Å². The van der Waals surface area contributed by atoms with Gasteiger partial charge in [-0.15, -0.1) is 0 Å². The molecule has 5 N–H and O–H groups in total. The van der Waals surface area contributed by atoms with E-state index in [1.165, 1.54) is 12.1 Å². The quantitative estimate of drug-likeness (QED) is 0.273. The van der Waals surface area contributed by atoms with Crippen LogP contribution in [0.15, 0.2) is 23.4 Å². The van der Waals surface area contributed by atoms with E-state index in [-0.39, 0.29) is 18.0 Å². The maximum absolute atomic E-state index is 13.3. The molecule has 6 heteroatoms. The Morgan fingerprint density at radius 1 is 1.44 bits per heavy atom. The molecule has 0 spiro atoms. The van der Waals surface area contributed by atoms with Crippen molar-refractivity contribution in [1.82, 2.24) is 5.32 Å². The number of rotatable bonds is 4. The lowest BCUT2D eigenvalue weighted by atomic mass is 9.89. The number of nitrogens with one attached hydrogen (secondary N) is 1. The second-order valence-electron chi connectivity index (χ2n) is 4.54. The number of aliphatic hydroxyl groups is 1. The van der Waals surface area contributed by atoms with Crippen molar-refractivity contribution in [2.45, 2.75) is 31.5 Å². The van der Waals surface area contributed by atoms with Crippen molar-refractivity contribution in [3.8, 4) is 0 Å². The van der Waals surface area contributed by atoms with Crippen LogP contribution in [0.4, 0.5) is 4.39 Å². The lowest BCUT2D eigenvalue weighted by Gasteiger charge is -2.32. The zero-order valence-corrected chi connectivity index (χ0v) is 9.81. The van der Waals surface area contributed by atoms with Gasteiger partial charge < -0.3 is 21.4 Å². The lowest BCUT2D eigenvalue weighted by Crippen LogP contribution is -2.43. The molecule has 0 radical (unpaired) electrons. The number of hydrogen-bond acceptors (Lipinski definition) is 4. The third-order valence-corrected chi connectivity index (χ3v) is 3.07. The van der Waals surface area contributed by atoms with Gasteiger partial charge in [-0.1, -0.05) is 5.16 Å². The Kier molecular flexibility index (Phi) is 3.78. The van der Waals surface area contributed by atoms with Gasteiger partial charge in [0.25, 0.3) is 0 Å². The number of halogens is 1. The maximum atomic E-state index is 13.3. The van der Waals surface area contributed by atoms with Gasteiger partial charge in [0.2, 0.25) is 0 Å². The van der Waals surface area contributed by atoms with Crippen LogP contribution in [0, 0.1) is 5.82 Å². The summed E-state index contributed by atoms with van der Waals surface area (Å²) >= 11 is 0. The molecule has 0 aromatic heterocycles. The first kappa shape index (κ1) is 12.8. The Balaban J connectivity index is 2.01. The van der Waals surface area contributed by atoms with E-state index in [9.17, 15) is 4.39 Å². The van der Waals surface area contributed by atoms with Gasteiger partial charge in [0.05, 0.1) is 6.10 Å². The predicted octanol–water partition coefficient (Wildman–Crippen LogP) is 0.533. The highest BCUT2D eigenvalue weighted by atomic mass is 19.1. The van der Waals surface area contributed by atoms with Gasteiger partial charge in [-0.05, 0) is 36.6 Å². The van der Waals surface area contributed by atoms with Crippen LogP contribution in [0.3, 0.4) is 0 Å². The van der Waals surface area contributed by atoms with E-state index < -0.39 is 5.82 Å². The molecular weight excluding hydrogens is 237 g/mol. The van der Waals surface area contributed by atoms with E-state index >= 15 is 0 Å². The van der Waals surface area contributed by atoms with Crippen LogP contribution < -0.4 is 11.1 Å². The molecule has 0 aliphatic heterocycles. The van der Waals surface area contributed by atoms with Gasteiger partial charge in [-0.3, -0.25) is 0 Å². The standard InChI is InChI=1S/C12H16FN3O2/c13-9-2-7(1-8(3-9)12(14)16-18)6-15-10-4-11(17)5-10/h1-3,10-11,15,17-18H,4-6H2,(H2,14,16). The summed E-state index contributed by atoms with van der Waals surface area (Å²) in [4.78, 5) is 0. The number of nitrogens with two attached hydrogens (primary N) is 1. The van der Waals surface area contributed by atoms with Crippen LogP contribution >= 0.6 is 0 Å². The van der Waals surface area contributed by atoms with Gasteiger partial charge in [-0.25, -0.2) is 4.39 Å². The van der Waals surface area contributed by atoms with Crippen LogP contribution in [0.25, 0.3) is 0 Å². The zero-order chi connectivity index (χ0) is 13.1. The normalized spacial score (nSPS) is 23.8. The largest absolute Gasteiger partial charge is 0.409 e. The minimum absolute atomic E-state index is 0.116. The van der Waals surface area contributed by atoms with Crippen molar-refractivity contribution in [2.24, 2.45) is 10.9 Å². The van der Waals surface area contributed by atoms with Crippen molar-refractivity contribution >= 4 is 5.84 Å². The molecule has 1 fully saturated rings. The van der Waals surface area contributed by atoms with Gasteiger partial charge in [-0.2, -0.15) is 0 Å². The van der Waals surface area contributed by atoms with E-state index in [0.29, 0.717) is 12.1 Å². The predicted molar refractivity (Wildman–Crippen MR) is 64.8 cm³/mol. The molecule has 0 atom stereocenters. The van der Waals surface area contributed by atoms with Crippen molar-refractivity contribution < 1.29 is 14.7 Å². The number of benzene rings is 1. The number of hydrogen-bond donors (Lipinski definition) is 4. The zero-order valence-electron chi connectivity index (χ0n) is 9.81. The molecule has 18 heavy (non-hydrogen) atoms. The monoisotopic (exact) mass is 253 g/mol. The smallest absolute Gasteiger partial charge is 0.170 e. The minimum atomic E-state index is -0.426. The fourth-order valence-electron chi connectivity index (χ4n) is 1.97. The van der Waals surface area contributed by atoms with Crippen molar-refractivity contribution in [2.75, 3.05) is 0 Å². The Hall–Kier alpha value is -1.66. The summed E-state index contributed by atoms with van der Waals surface area (Å²) in [5.74, 6) is -0.542. The fourth-order valence-corrected chi connectivity index (χ4v) is 1.97. The van der Waals surface area contributed by atoms with Gasteiger partial charge in [0.15, 0.2) is 5.84 Å². The van der Waals surface area contributed by atoms with Crippen LogP contribution in [0.5, 0.6) is 0 Å². The number of aliphatic hydroxyl groups excluding tert-OH is 1. The summed E-state index contributed by atoms with van der Waals surface area (Å²) < 4.78 is 13.3. The van der Waals surface area contributed by atoms with Crippen LogP contribution in [0.1, 0.15) is 24.0 Å². The molecule has 0 heterocycles. The Labute approximate surface area is 104 Å². The number of amidine groups is 1. The highest BCUT2D eigenvalue weighted by molar-refractivity contribution is 5.97. The molecule has 1 aliphatic rings. The van der Waals surface area contributed by atoms with Crippen molar-refractivity contribution in [3.05, 3.63) is 35.1 Å². The van der Waals surface area contributed by atoms with E-state index in [0.717, 1.165) is 18.4 Å². The first-order chi connectivity index (χ1) is 8.58. The Morgan fingerprint density at radius 3 is 2.78 bits per heavy atom. The Morgan fingerprint density at radius 2 is 2.17 bits per heavy atom. The van der Waals surface area contributed by atoms with Gasteiger partial charge in [0, 0.05) is 18.2 Å². The summed E-state index contributed by atoms with van der Waals surface area (Å²) in [5, 5.41) is 23.8.